The zero-order valence-electron chi connectivity index (χ0n) is 16.1. The molecule has 150 valence electrons. The topological polar surface area (TPSA) is 112 Å². The summed E-state index contributed by atoms with van der Waals surface area (Å²) in [5.74, 6) is -0.262. The summed E-state index contributed by atoms with van der Waals surface area (Å²) in [6.45, 7) is 0.452. The predicted octanol–water partition coefficient (Wildman–Crippen LogP) is 2.29. The minimum atomic E-state index is -1.68. The van der Waals surface area contributed by atoms with Crippen LogP contribution in [0.25, 0.3) is 33.3 Å². The van der Waals surface area contributed by atoms with Crippen molar-refractivity contribution in [3.05, 3.63) is 71.0 Å². The number of likely N-dealkylation sites (tertiary alicyclic amines) is 1. The molecule has 1 aliphatic heterocycles. The van der Waals surface area contributed by atoms with Crippen molar-refractivity contribution in [2.45, 2.75) is 12.0 Å². The second-order valence-corrected chi connectivity index (χ2v) is 7.43. The fourth-order valence-electron chi connectivity index (χ4n) is 3.87. The molecule has 1 saturated heterocycles. The van der Waals surface area contributed by atoms with Crippen molar-refractivity contribution in [1.82, 2.24) is 20.0 Å². The Bertz CT molecular complexity index is 1340. The van der Waals surface area contributed by atoms with E-state index in [-0.39, 0.29) is 17.7 Å². The normalized spacial score (nSPS) is 19.0. The van der Waals surface area contributed by atoms with E-state index in [1.54, 1.807) is 19.2 Å². The lowest BCUT2D eigenvalue weighted by atomic mass is 9.97. The SMILES string of the molecule is CN1CC[C@@](O)(c2cc(-c3cccc(-c4cccc5c(=O)[nH]cnc45)c3)no2)C1=O. The highest BCUT2D eigenvalue weighted by Gasteiger charge is 2.48. The molecule has 0 aliphatic carbocycles. The lowest BCUT2D eigenvalue weighted by Crippen LogP contribution is -2.35. The highest BCUT2D eigenvalue weighted by atomic mass is 16.5. The summed E-state index contributed by atoms with van der Waals surface area (Å²) >= 11 is 0. The average molecular weight is 402 g/mol. The van der Waals surface area contributed by atoms with E-state index in [0.29, 0.717) is 23.1 Å². The number of nitrogens with zero attached hydrogens (tertiary/aromatic N) is 3. The van der Waals surface area contributed by atoms with E-state index >= 15 is 0 Å². The highest BCUT2D eigenvalue weighted by Crippen LogP contribution is 2.35. The van der Waals surface area contributed by atoms with Crippen LogP contribution in [-0.4, -0.2) is 44.6 Å². The monoisotopic (exact) mass is 402 g/mol. The molecule has 3 heterocycles. The number of likely N-dealkylation sites (N-methyl/N-ethyl adjacent to an activating group) is 1. The second kappa shape index (κ2) is 6.64. The van der Waals surface area contributed by atoms with E-state index in [4.69, 9.17) is 4.52 Å². The summed E-state index contributed by atoms with van der Waals surface area (Å²) in [6, 6.07) is 14.6. The standard InChI is InChI=1S/C22H18N4O4/c1-26-9-8-22(29,21(26)28)18-11-17(25-30-18)14-5-2-4-13(10-14)15-6-3-7-16-19(15)23-12-24-20(16)27/h2-7,10-12,29H,8-9H2,1H3,(H,23,24,27)/t22-/m1/s1. The quantitative estimate of drug-likeness (QED) is 0.544. The Morgan fingerprint density at radius 2 is 1.93 bits per heavy atom. The molecule has 1 aliphatic rings. The van der Waals surface area contributed by atoms with E-state index in [0.717, 1.165) is 16.7 Å². The van der Waals surface area contributed by atoms with Crippen molar-refractivity contribution < 1.29 is 14.4 Å². The van der Waals surface area contributed by atoms with Crippen molar-refractivity contribution in [1.29, 1.82) is 0 Å². The summed E-state index contributed by atoms with van der Waals surface area (Å²) in [7, 11) is 1.64. The van der Waals surface area contributed by atoms with E-state index in [9.17, 15) is 14.7 Å². The molecule has 4 aromatic rings. The molecule has 8 heteroatoms. The number of fused-ring (bicyclic) bond motifs is 1. The van der Waals surface area contributed by atoms with Crippen LogP contribution in [0.2, 0.25) is 0 Å². The maximum absolute atomic E-state index is 12.3. The van der Waals surface area contributed by atoms with Gasteiger partial charge >= 0.3 is 0 Å². The van der Waals surface area contributed by atoms with Gasteiger partial charge in [-0.05, 0) is 17.7 Å². The first-order valence-electron chi connectivity index (χ1n) is 9.50. The van der Waals surface area contributed by atoms with Crippen LogP contribution in [0.3, 0.4) is 0 Å². The summed E-state index contributed by atoms with van der Waals surface area (Å²) in [5.41, 5.74) is 1.66. The van der Waals surface area contributed by atoms with Gasteiger partial charge in [-0.25, -0.2) is 4.98 Å². The van der Waals surface area contributed by atoms with E-state index in [1.807, 2.05) is 36.4 Å². The van der Waals surface area contributed by atoms with Gasteiger partial charge in [0.1, 0.15) is 5.69 Å². The molecule has 0 spiro atoms. The Morgan fingerprint density at radius 1 is 1.13 bits per heavy atom. The summed E-state index contributed by atoms with van der Waals surface area (Å²) in [4.78, 5) is 32.8. The molecule has 30 heavy (non-hydrogen) atoms. The summed E-state index contributed by atoms with van der Waals surface area (Å²) in [5, 5.41) is 15.4. The van der Waals surface area contributed by atoms with Crippen LogP contribution < -0.4 is 5.56 Å². The number of hydrogen-bond donors (Lipinski definition) is 2. The number of hydrogen-bond acceptors (Lipinski definition) is 6. The van der Waals surface area contributed by atoms with Crippen LogP contribution in [0.15, 0.2) is 64.2 Å². The Kier molecular flexibility index (Phi) is 4.04. The van der Waals surface area contributed by atoms with Crippen LogP contribution >= 0.6 is 0 Å². The number of para-hydroxylation sites is 1. The number of benzene rings is 2. The van der Waals surface area contributed by atoms with Crippen molar-refractivity contribution in [3.63, 3.8) is 0 Å². The lowest BCUT2D eigenvalue weighted by Gasteiger charge is -2.16. The number of nitrogens with one attached hydrogen (secondary N) is 1. The lowest BCUT2D eigenvalue weighted by molar-refractivity contribution is -0.144. The maximum atomic E-state index is 12.3. The van der Waals surface area contributed by atoms with E-state index in [2.05, 4.69) is 15.1 Å². The van der Waals surface area contributed by atoms with E-state index < -0.39 is 11.5 Å². The highest BCUT2D eigenvalue weighted by molar-refractivity contribution is 5.93. The minimum Gasteiger partial charge on any atom is -0.373 e. The number of H-pyrrole nitrogens is 1. The minimum absolute atomic E-state index is 0.135. The molecule has 1 atom stereocenters. The molecule has 2 aromatic carbocycles. The molecular weight excluding hydrogens is 384 g/mol. The average Bonchev–Trinajstić information content (AvgIpc) is 3.36. The first-order valence-corrected chi connectivity index (χ1v) is 9.50. The van der Waals surface area contributed by atoms with Crippen LogP contribution in [0, 0.1) is 0 Å². The Hall–Kier alpha value is -3.78. The van der Waals surface area contributed by atoms with Crippen molar-refractivity contribution in [2.75, 3.05) is 13.6 Å². The fraction of sp³-hybridized carbons (Fsp3) is 0.182. The third-order valence-electron chi connectivity index (χ3n) is 5.57. The Labute approximate surface area is 170 Å². The van der Waals surface area contributed by atoms with Gasteiger partial charge in [-0.3, -0.25) is 9.59 Å². The molecule has 1 amide bonds. The third-order valence-corrected chi connectivity index (χ3v) is 5.57. The van der Waals surface area contributed by atoms with Gasteiger partial charge in [0.25, 0.3) is 11.5 Å². The predicted molar refractivity (Wildman–Crippen MR) is 109 cm³/mol. The first-order chi connectivity index (χ1) is 14.5. The number of rotatable bonds is 3. The van der Waals surface area contributed by atoms with Crippen molar-refractivity contribution in [2.24, 2.45) is 0 Å². The van der Waals surface area contributed by atoms with Crippen LogP contribution in [0.4, 0.5) is 0 Å². The van der Waals surface area contributed by atoms with Gasteiger partial charge in [-0.15, -0.1) is 0 Å². The molecule has 0 unspecified atom stereocenters. The zero-order chi connectivity index (χ0) is 20.9. The van der Waals surface area contributed by atoms with E-state index in [1.165, 1.54) is 11.2 Å². The molecule has 2 aromatic heterocycles. The molecule has 5 rings (SSSR count). The molecule has 0 radical (unpaired) electrons. The Balaban J connectivity index is 1.56. The van der Waals surface area contributed by atoms with Crippen molar-refractivity contribution in [3.8, 4) is 22.4 Å². The summed E-state index contributed by atoms with van der Waals surface area (Å²) in [6.07, 6.45) is 1.64. The van der Waals surface area contributed by atoms with Gasteiger partial charge in [-0.1, -0.05) is 35.5 Å². The molecule has 0 saturated carbocycles. The van der Waals surface area contributed by atoms with Crippen LogP contribution in [-0.2, 0) is 10.4 Å². The fourth-order valence-corrected chi connectivity index (χ4v) is 3.87. The Morgan fingerprint density at radius 3 is 2.73 bits per heavy atom. The van der Waals surface area contributed by atoms with Gasteiger partial charge < -0.3 is 19.5 Å². The summed E-state index contributed by atoms with van der Waals surface area (Å²) < 4.78 is 5.35. The number of aromatic amines is 1. The smallest absolute Gasteiger partial charge is 0.262 e. The molecule has 0 bridgehead atoms. The third kappa shape index (κ3) is 2.73. The van der Waals surface area contributed by atoms with Gasteiger partial charge in [0, 0.05) is 37.2 Å². The zero-order valence-corrected chi connectivity index (χ0v) is 16.1. The first kappa shape index (κ1) is 18.3. The number of aliphatic hydroxyl groups is 1. The number of amides is 1. The van der Waals surface area contributed by atoms with Gasteiger partial charge in [0.05, 0.1) is 17.2 Å². The van der Waals surface area contributed by atoms with Gasteiger partial charge in [0.15, 0.2) is 5.76 Å². The largest absolute Gasteiger partial charge is 0.373 e. The molecular formula is C22H18N4O4. The van der Waals surface area contributed by atoms with Gasteiger partial charge in [-0.2, -0.15) is 0 Å². The number of aromatic nitrogens is 3. The maximum Gasteiger partial charge on any atom is 0.262 e. The van der Waals surface area contributed by atoms with Gasteiger partial charge in [0.2, 0.25) is 5.60 Å². The van der Waals surface area contributed by atoms with Crippen LogP contribution in [0.5, 0.6) is 0 Å². The molecule has 8 nitrogen and oxygen atoms in total. The molecule has 2 N–H and O–H groups in total. The number of carbonyl (C=O) groups excluding carboxylic acids is 1. The second-order valence-electron chi connectivity index (χ2n) is 7.43. The van der Waals surface area contributed by atoms with Crippen molar-refractivity contribution >= 4 is 16.8 Å². The number of carbonyl (C=O) groups is 1. The molecule has 1 fully saturated rings. The van der Waals surface area contributed by atoms with Crippen LogP contribution in [0.1, 0.15) is 12.2 Å².